The lowest BCUT2D eigenvalue weighted by Crippen LogP contribution is -2.54. The molecule has 4 rings (SSSR count). The number of rotatable bonds is 1. The molecular weight excluding hydrogens is 160 g/mol. The van der Waals surface area contributed by atoms with Gasteiger partial charge in [0.15, 0.2) is 0 Å². The molecule has 4 aliphatic carbocycles. The molecule has 72 valence electrons. The molecule has 4 bridgehead atoms. The van der Waals surface area contributed by atoms with E-state index >= 15 is 0 Å². The maximum atomic E-state index is 7.40. The van der Waals surface area contributed by atoms with Crippen molar-refractivity contribution in [2.24, 2.45) is 28.8 Å². The Labute approximate surface area is 79.6 Å². The third-order valence-electron chi connectivity index (χ3n) is 5.03. The highest BCUT2D eigenvalue weighted by Gasteiger charge is 2.55. The lowest BCUT2D eigenvalue weighted by atomic mass is 9.49. The van der Waals surface area contributed by atoms with E-state index in [2.05, 4.69) is 12.0 Å². The second-order valence-corrected chi connectivity index (χ2v) is 5.64. The van der Waals surface area contributed by atoms with Crippen molar-refractivity contribution in [1.82, 2.24) is 0 Å². The summed E-state index contributed by atoms with van der Waals surface area (Å²) in [6, 6.07) is 0. The Morgan fingerprint density at radius 3 is 1.85 bits per heavy atom. The van der Waals surface area contributed by atoms with E-state index in [4.69, 9.17) is 5.53 Å². The van der Waals surface area contributed by atoms with Crippen LogP contribution in [0.3, 0.4) is 0 Å². The summed E-state index contributed by atoms with van der Waals surface area (Å²) in [5, 5.41) is 3.97. The maximum Gasteiger partial charge on any atom is 0.0841 e. The van der Waals surface area contributed by atoms with Crippen molar-refractivity contribution in [3.8, 4) is 0 Å². The molecule has 4 aliphatic rings. The molecular formula is C11H18N2. The predicted octanol–water partition coefficient (Wildman–Crippen LogP) is 3.23. The predicted molar refractivity (Wildman–Crippen MR) is 50.6 cm³/mol. The third-order valence-corrected chi connectivity index (χ3v) is 5.03. The molecule has 4 fully saturated rings. The SMILES string of the molecule is CC1(N=N)C2CC3CC(C2)CC1C3. The van der Waals surface area contributed by atoms with Gasteiger partial charge in [-0.05, 0) is 62.7 Å². The minimum atomic E-state index is 0.0351. The topological polar surface area (TPSA) is 36.2 Å². The zero-order valence-electron chi connectivity index (χ0n) is 8.29. The van der Waals surface area contributed by atoms with Gasteiger partial charge in [0, 0.05) is 0 Å². The minimum absolute atomic E-state index is 0.0351. The van der Waals surface area contributed by atoms with Gasteiger partial charge in [-0.3, -0.25) is 0 Å². The molecule has 0 aromatic rings. The highest BCUT2D eigenvalue weighted by atomic mass is 15.1. The van der Waals surface area contributed by atoms with Crippen molar-refractivity contribution in [3.05, 3.63) is 0 Å². The van der Waals surface area contributed by atoms with Gasteiger partial charge in [-0.2, -0.15) is 5.11 Å². The number of nitrogens with one attached hydrogen (secondary N) is 1. The van der Waals surface area contributed by atoms with Crippen LogP contribution in [0.4, 0.5) is 0 Å². The second kappa shape index (κ2) is 2.34. The highest BCUT2D eigenvalue weighted by Crippen LogP contribution is 2.59. The molecule has 0 atom stereocenters. The van der Waals surface area contributed by atoms with Crippen molar-refractivity contribution in [2.75, 3.05) is 0 Å². The summed E-state index contributed by atoms with van der Waals surface area (Å²) in [5.74, 6) is 3.50. The molecule has 13 heavy (non-hydrogen) atoms. The van der Waals surface area contributed by atoms with Crippen LogP contribution in [-0.2, 0) is 0 Å². The van der Waals surface area contributed by atoms with Crippen LogP contribution < -0.4 is 0 Å². The first kappa shape index (κ1) is 7.95. The van der Waals surface area contributed by atoms with E-state index in [9.17, 15) is 0 Å². The van der Waals surface area contributed by atoms with Crippen molar-refractivity contribution in [3.63, 3.8) is 0 Å². The van der Waals surface area contributed by atoms with Crippen LogP contribution >= 0.6 is 0 Å². The van der Waals surface area contributed by atoms with E-state index in [1.807, 2.05) is 0 Å². The zero-order valence-corrected chi connectivity index (χ0v) is 8.29. The highest BCUT2D eigenvalue weighted by molar-refractivity contribution is 5.08. The summed E-state index contributed by atoms with van der Waals surface area (Å²) < 4.78 is 0. The first-order chi connectivity index (χ1) is 6.22. The Morgan fingerprint density at radius 2 is 1.46 bits per heavy atom. The van der Waals surface area contributed by atoms with Crippen LogP contribution in [0.1, 0.15) is 39.0 Å². The van der Waals surface area contributed by atoms with Crippen LogP contribution in [0, 0.1) is 29.2 Å². The van der Waals surface area contributed by atoms with Gasteiger partial charge < -0.3 is 0 Å². The minimum Gasteiger partial charge on any atom is -0.209 e. The maximum absolute atomic E-state index is 7.40. The van der Waals surface area contributed by atoms with E-state index < -0.39 is 0 Å². The monoisotopic (exact) mass is 178 g/mol. The standard InChI is InChI=1S/C11H18N2/c1-11(13-12)9-3-7-2-8(5-9)6-10(11)4-7/h7-10,12H,2-6H2,1H3. The number of hydrogen-bond acceptors (Lipinski definition) is 2. The average Bonchev–Trinajstić information content (AvgIpc) is 2.13. The Balaban J connectivity index is 1.97. The molecule has 0 saturated heterocycles. The van der Waals surface area contributed by atoms with Gasteiger partial charge in [0.25, 0.3) is 0 Å². The summed E-state index contributed by atoms with van der Waals surface area (Å²) in [4.78, 5) is 0. The molecule has 1 N–H and O–H groups in total. The Hall–Kier alpha value is -0.400. The van der Waals surface area contributed by atoms with Crippen molar-refractivity contribution in [1.29, 1.82) is 5.53 Å². The van der Waals surface area contributed by atoms with Gasteiger partial charge in [0.1, 0.15) is 0 Å². The second-order valence-electron chi connectivity index (χ2n) is 5.64. The molecule has 0 amide bonds. The van der Waals surface area contributed by atoms with E-state index in [1.54, 1.807) is 0 Å². The Bertz CT molecular complexity index is 218. The number of hydrogen-bond donors (Lipinski definition) is 1. The summed E-state index contributed by atoms with van der Waals surface area (Å²) in [5.41, 5.74) is 7.43. The van der Waals surface area contributed by atoms with E-state index in [0.29, 0.717) is 0 Å². The number of nitrogens with zero attached hydrogens (tertiary/aromatic N) is 1. The van der Waals surface area contributed by atoms with Crippen molar-refractivity contribution in [2.45, 2.75) is 44.6 Å². The van der Waals surface area contributed by atoms with Gasteiger partial charge in [0.2, 0.25) is 0 Å². The van der Waals surface area contributed by atoms with Crippen LogP contribution in [0.5, 0.6) is 0 Å². The third kappa shape index (κ3) is 0.893. The molecule has 0 aromatic heterocycles. The fraction of sp³-hybridized carbons (Fsp3) is 1.00. The van der Waals surface area contributed by atoms with Crippen LogP contribution in [-0.4, -0.2) is 5.54 Å². The Morgan fingerprint density at radius 1 is 1.00 bits per heavy atom. The van der Waals surface area contributed by atoms with Crippen LogP contribution in [0.2, 0.25) is 0 Å². The molecule has 0 radical (unpaired) electrons. The molecule has 0 spiro atoms. The molecule has 2 heteroatoms. The molecule has 0 aliphatic heterocycles. The molecule has 0 heterocycles. The smallest absolute Gasteiger partial charge is 0.0841 e. The van der Waals surface area contributed by atoms with Gasteiger partial charge in [-0.25, -0.2) is 5.53 Å². The van der Waals surface area contributed by atoms with Gasteiger partial charge >= 0.3 is 0 Å². The van der Waals surface area contributed by atoms with E-state index in [0.717, 1.165) is 23.7 Å². The van der Waals surface area contributed by atoms with E-state index in [-0.39, 0.29) is 5.54 Å². The lowest BCUT2D eigenvalue weighted by molar-refractivity contribution is -0.0495. The largest absolute Gasteiger partial charge is 0.209 e. The van der Waals surface area contributed by atoms with Gasteiger partial charge in [-0.1, -0.05) is 0 Å². The summed E-state index contributed by atoms with van der Waals surface area (Å²) in [6.45, 7) is 2.23. The van der Waals surface area contributed by atoms with Gasteiger partial charge in [-0.15, -0.1) is 0 Å². The van der Waals surface area contributed by atoms with Gasteiger partial charge in [0.05, 0.1) is 5.54 Å². The molecule has 2 nitrogen and oxygen atoms in total. The first-order valence-electron chi connectivity index (χ1n) is 5.61. The fourth-order valence-electron chi connectivity index (χ4n) is 4.32. The van der Waals surface area contributed by atoms with Crippen LogP contribution in [0.15, 0.2) is 5.11 Å². The zero-order chi connectivity index (χ0) is 9.05. The van der Waals surface area contributed by atoms with Crippen molar-refractivity contribution < 1.29 is 0 Å². The van der Waals surface area contributed by atoms with Crippen molar-refractivity contribution >= 4 is 0 Å². The quantitative estimate of drug-likeness (QED) is 0.598. The normalized spacial score (nSPS) is 58.2. The summed E-state index contributed by atoms with van der Waals surface area (Å²) in [7, 11) is 0. The van der Waals surface area contributed by atoms with E-state index in [1.165, 1.54) is 32.1 Å². The van der Waals surface area contributed by atoms with Crippen LogP contribution in [0.25, 0.3) is 0 Å². The molecule has 0 unspecified atom stereocenters. The Kier molecular flexibility index (Phi) is 1.43. The lowest BCUT2D eigenvalue weighted by Gasteiger charge is -2.57. The average molecular weight is 178 g/mol. The molecule has 4 saturated carbocycles. The fourth-order valence-corrected chi connectivity index (χ4v) is 4.32. The summed E-state index contributed by atoms with van der Waals surface area (Å²) >= 11 is 0. The summed E-state index contributed by atoms with van der Waals surface area (Å²) in [6.07, 6.45) is 6.95. The molecule has 0 aromatic carbocycles. The first-order valence-corrected chi connectivity index (χ1v) is 5.61.